The van der Waals surface area contributed by atoms with Gasteiger partial charge < -0.3 is 9.64 Å². The molecule has 0 saturated carbocycles. The number of methoxy groups -OCH3 is 1. The Balaban J connectivity index is 2.95. The molecule has 120 valence electrons. The zero-order valence-electron chi connectivity index (χ0n) is 13.7. The van der Waals surface area contributed by atoms with E-state index in [-0.39, 0.29) is 10.3 Å². The van der Waals surface area contributed by atoms with Gasteiger partial charge in [0.15, 0.2) is 0 Å². The minimum Gasteiger partial charge on any atom is -0.495 e. The van der Waals surface area contributed by atoms with Gasteiger partial charge in [-0.15, -0.1) is 0 Å². The van der Waals surface area contributed by atoms with E-state index in [2.05, 4.69) is 4.72 Å². The zero-order valence-corrected chi connectivity index (χ0v) is 14.5. The summed E-state index contributed by atoms with van der Waals surface area (Å²) in [4.78, 5) is 2.23. The van der Waals surface area contributed by atoms with Gasteiger partial charge in [-0.1, -0.05) is 19.9 Å². The van der Waals surface area contributed by atoms with Crippen LogP contribution in [0.25, 0.3) is 0 Å². The highest BCUT2D eigenvalue weighted by Crippen LogP contribution is 2.25. The quantitative estimate of drug-likeness (QED) is 0.835. The van der Waals surface area contributed by atoms with E-state index in [0.29, 0.717) is 12.3 Å². The molecule has 0 fully saturated rings. The fraction of sp³-hybridized carbons (Fsp3) is 0.600. The predicted molar refractivity (Wildman–Crippen MR) is 85.3 cm³/mol. The molecule has 0 amide bonds. The first kappa shape index (κ1) is 17.9. The molecule has 21 heavy (non-hydrogen) atoms. The normalized spacial score (nSPS) is 12.7. The Hall–Kier alpha value is -1.11. The smallest absolute Gasteiger partial charge is 0.244 e. The van der Waals surface area contributed by atoms with Gasteiger partial charge in [-0.25, -0.2) is 13.1 Å². The van der Waals surface area contributed by atoms with Crippen LogP contribution in [-0.4, -0.2) is 47.6 Å². The summed E-state index contributed by atoms with van der Waals surface area (Å²) in [7, 11) is 1.83. The van der Waals surface area contributed by atoms with E-state index in [1.807, 2.05) is 45.8 Å². The summed E-state index contributed by atoms with van der Waals surface area (Å²) in [5.74, 6) is 0.360. The standard InChI is InChI=1S/C15H26N2O3S/c1-12-7-8-13(20-6)14(9-12)21(18,19)16-10-15(2,3)11-17(4)5/h7-9,16H,10-11H2,1-6H3. The lowest BCUT2D eigenvalue weighted by Gasteiger charge is -2.28. The average Bonchev–Trinajstić information content (AvgIpc) is 2.35. The molecule has 1 rings (SSSR count). The Kier molecular flexibility index (Phi) is 5.78. The van der Waals surface area contributed by atoms with E-state index in [0.717, 1.165) is 12.1 Å². The molecule has 1 aromatic rings. The van der Waals surface area contributed by atoms with Crippen molar-refractivity contribution >= 4 is 10.0 Å². The van der Waals surface area contributed by atoms with Gasteiger partial charge in [0.05, 0.1) is 7.11 Å². The molecular formula is C15H26N2O3S. The third-order valence-corrected chi connectivity index (χ3v) is 4.52. The number of sulfonamides is 1. The highest BCUT2D eigenvalue weighted by Gasteiger charge is 2.25. The van der Waals surface area contributed by atoms with Crippen LogP contribution >= 0.6 is 0 Å². The molecule has 0 atom stereocenters. The lowest BCUT2D eigenvalue weighted by molar-refractivity contribution is 0.242. The van der Waals surface area contributed by atoms with Crippen LogP contribution in [0.1, 0.15) is 19.4 Å². The van der Waals surface area contributed by atoms with Crippen molar-refractivity contribution in [3.05, 3.63) is 23.8 Å². The van der Waals surface area contributed by atoms with Crippen LogP contribution in [-0.2, 0) is 10.0 Å². The topological polar surface area (TPSA) is 58.6 Å². The maximum Gasteiger partial charge on any atom is 0.244 e. The monoisotopic (exact) mass is 314 g/mol. The summed E-state index contributed by atoms with van der Waals surface area (Å²) in [6, 6.07) is 5.13. The first-order valence-electron chi connectivity index (χ1n) is 6.86. The molecule has 0 heterocycles. The number of aryl methyl sites for hydroxylation is 1. The minimum atomic E-state index is -3.59. The summed E-state index contributed by atoms with van der Waals surface area (Å²) >= 11 is 0. The molecule has 1 N–H and O–H groups in total. The number of rotatable bonds is 7. The maximum atomic E-state index is 12.5. The van der Waals surface area contributed by atoms with Crippen molar-refractivity contribution in [1.82, 2.24) is 9.62 Å². The zero-order chi connectivity index (χ0) is 16.3. The third kappa shape index (κ3) is 5.30. The third-order valence-electron chi connectivity index (χ3n) is 3.09. The molecule has 0 aliphatic carbocycles. The Bertz CT molecular complexity index is 581. The number of ether oxygens (including phenoxy) is 1. The molecule has 1 aromatic carbocycles. The number of hydrogen-bond acceptors (Lipinski definition) is 4. The number of nitrogens with zero attached hydrogens (tertiary/aromatic N) is 1. The van der Waals surface area contributed by atoms with E-state index < -0.39 is 10.0 Å². The molecule has 5 nitrogen and oxygen atoms in total. The van der Waals surface area contributed by atoms with Gasteiger partial charge in [0, 0.05) is 13.1 Å². The lowest BCUT2D eigenvalue weighted by atomic mass is 9.93. The first-order chi connectivity index (χ1) is 9.57. The molecule has 0 aliphatic rings. The van der Waals surface area contributed by atoms with Crippen LogP contribution in [0.2, 0.25) is 0 Å². The van der Waals surface area contributed by atoms with Gasteiger partial charge in [0.1, 0.15) is 10.6 Å². The van der Waals surface area contributed by atoms with Crippen molar-refractivity contribution in [2.45, 2.75) is 25.7 Å². The van der Waals surface area contributed by atoms with Crippen molar-refractivity contribution in [1.29, 1.82) is 0 Å². The second-order valence-electron chi connectivity index (χ2n) is 6.38. The van der Waals surface area contributed by atoms with E-state index in [1.165, 1.54) is 7.11 Å². The molecule has 0 aliphatic heterocycles. The number of nitrogens with one attached hydrogen (secondary N) is 1. The molecule has 0 unspecified atom stereocenters. The summed E-state index contributed by atoms with van der Waals surface area (Å²) < 4.78 is 32.8. The Morgan fingerprint density at radius 1 is 1.29 bits per heavy atom. The van der Waals surface area contributed by atoms with Gasteiger partial charge in [-0.3, -0.25) is 0 Å². The van der Waals surface area contributed by atoms with Crippen LogP contribution < -0.4 is 9.46 Å². The molecule has 0 spiro atoms. The van der Waals surface area contributed by atoms with Crippen LogP contribution in [0.3, 0.4) is 0 Å². The molecule has 6 heteroatoms. The fourth-order valence-electron chi connectivity index (χ4n) is 2.27. The van der Waals surface area contributed by atoms with Gasteiger partial charge in [-0.05, 0) is 44.1 Å². The number of hydrogen-bond donors (Lipinski definition) is 1. The van der Waals surface area contributed by atoms with Crippen molar-refractivity contribution in [3.8, 4) is 5.75 Å². The van der Waals surface area contributed by atoms with Crippen LogP contribution in [0, 0.1) is 12.3 Å². The van der Waals surface area contributed by atoms with Crippen molar-refractivity contribution in [3.63, 3.8) is 0 Å². The summed E-state index contributed by atoms with van der Waals surface area (Å²) in [6.45, 7) is 7.07. The minimum absolute atomic E-state index is 0.159. The summed E-state index contributed by atoms with van der Waals surface area (Å²) in [5, 5.41) is 0. The van der Waals surface area contributed by atoms with Crippen molar-refractivity contribution < 1.29 is 13.2 Å². The fourth-order valence-corrected chi connectivity index (χ4v) is 3.77. The molecule has 0 bridgehead atoms. The van der Waals surface area contributed by atoms with E-state index in [1.54, 1.807) is 12.1 Å². The van der Waals surface area contributed by atoms with Crippen LogP contribution in [0.5, 0.6) is 5.75 Å². The summed E-state index contributed by atoms with van der Waals surface area (Å²) in [6.07, 6.45) is 0. The second kappa shape index (κ2) is 6.77. The van der Waals surface area contributed by atoms with Gasteiger partial charge in [-0.2, -0.15) is 0 Å². The molecule has 0 saturated heterocycles. The average molecular weight is 314 g/mol. The highest BCUT2D eigenvalue weighted by molar-refractivity contribution is 7.89. The van der Waals surface area contributed by atoms with Crippen LogP contribution in [0.4, 0.5) is 0 Å². The Morgan fingerprint density at radius 3 is 2.43 bits per heavy atom. The van der Waals surface area contributed by atoms with Gasteiger partial charge >= 0.3 is 0 Å². The second-order valence-corrected chi connectivity index (χ2v) is 8.12. The van der Waals surface area contributed by atoms with Gasteiger partial charge in [0.2, 0.25) is 10.0 Å². The lowest BCUT2D eigenvalue weighted by Crippen LogP contribution is -2.40. The molecule has 0 aromatic heterocycles. The highest BCUT2D eigenvalue weighted by atomic mass is 32.2. The SMILES string of the molecule is COc1ccc(C)cc1S(=O)(=O)NCC(C)(C)CN(C)C. The van der Waals surface area contributed by atoms with Crippen LogP contribution in [0.15, 0.2) is 23.1 Å². The van der Waals surface area contributed by atoms with Crippen molar-refractivity contribution in [2.75, 3.05) is 34.3 Å². The maximum absolute atomic E-state index is 12.5. The predicted octanol–water partition coefficient (Wildman–Crippen LogP) is 1.87. The first-order valence-corrected chi connectivity index (χ1v) is 8.35. The largest absolute Gasteiger partial charge is 0.495 e. The van der Waals surface area contributed by atoms with Crippen molar-refractivity contribution in [2.24, 2.45) is 5.41 Å². The Morgan fingerprint density at radius 2 is 1.90 bits per heavy atom. The molecular weight excluding hydrogens is 288 g/mol. The van der Waals surface area contributed by atoms with Gasteiger partial charge in [0.25, 0.3) is 0 Å². The van der Waals surface area contributed by atoms with E-state index >= 15 is 0 Å². The van der Waals surface area contributed by atoms with E-state index in [9.17, 15) is 8.42 Å². The summed E-state index contributed by atoms with van der Waals surface area (Å²) in [5.41, 5.74) is 0.719. The molecule has 0 radical (unpaired) electrons. The Labute approximate surface area is 128 Å². The number of benzene rings is 1. The van der Waals surface area contributed by atoms with E-state index in [4.69, 9.17) is 4.74 Å².